The van der Waals surface area contributed by atoms with Gasteiger partial charge < -0.3 is 10.6 Å². The highest BCUT2D eigenvalue weighted by Gasteiger charge is 2.19. The van der Waals surface area contributed by atoms with Gasteiger partial charge in [-0.1, -0.05) is 25.1 Å². The molecule has 0 spiro atoms. The van der Waals surface area contributed by atoms with E-state index in [9.17, 15) is 24.1 Å². The first-order valence-electron chi connectivity index (χ1n) is 9.75. The van der Waals surface area contributed by atoms with E-state index in [0.29, 0.717) is 17.8 Å². The third kappa shape index (κ3) is 5.92. The summed E-state index contributed by atoms with van der Waals surface area (Å²) in [7, 11) is 0. The lowest BCUT2D eigenvalue weighted by Gasteiger charge is -2.15. The standard InChI is InChI=1S/C23H20FN3O4S/c1-2-21(23(29)25-15-10-12-17(13-11-15)27(30)31)32-18-7-5-6-16(14-18)26-22(28)19-8-3-4-9-20(19)24/h3-14,21H,2H2,1H3,(H,25,29)(H,26,28). The van der Waals surface area contributed by atoms with Gasteiger partial charge in [0.1, 0.15) is 5.82 Å². The molecule has 0 saturated carbocycles. The molecule has 3 rings (SSSR count). The molecule has 32 heavy (non-hydrogen) atoms. The highest BCUT2D eigenvalue weighted by molar-refractivity contribution is 8.00. The maximum absolute atomic E-state index is 13.8. The van der Waals surface area contributed by atoms with Crippen LogP contribution < -0.4 is 10.6 Å². The summed E-state index contributed by atoms with van der Waals surface area (Å²) in [5.41, 5.74) is 0.831. The zero-order chi connectivity index (χ0) is 23.1. The van der Waals surface area contributed by atoms with Gasteiger partial charge in [-0.3, -0.25) is 19.7 Å². The van der Waals surface area contributed by atoms with Crippen molar-refractivity contribution in [3.05, 3.63) is 94.3 Å². The zero-order valence-electron chi connectivity index (χ0n) is 17.1. The van der Waals surface area contributed by atoms with E-state index < -0.39 is 21.9 Å². The minimum atomic E-state index is -0.607. The van der Waals surface area contributed by atoms with Crippen LogP contribution in [-0.2, 0) is 4.79 Å². The average molecular weight is 453 g/mol. The number of hydrogen-bond donors (Lipinski definition) is 2. The SMILES string of the molecule is CCC(Sc1cccc(NC(=O)c2ccccc2F)c1)C(=O)Nc1ccc([N+](=O)[O-])cc1. The van der Waals surface area contributed by atoms with Crippen LogP contribution in [-0.4, -0.2) is 22.0 Å². The van der Waals surface area contributed by atoms with E-state index in [4.69, 9.17) is 0 Å². The van der Waals surface area contributed by atoms with E-state index >= 15 is 0 Å². The summed E-state index contributed by atoms with van der Waals surface area (Å²) >= 11 is 1.32. The summed E-state index contributed by atoms with van der Waals surface area (Å²) in [6.45, 7) is 1.87. The molecular weight excluding hydrogens is 433 g/mol. The van der Waals surface area contributed by atoms with Gasteiger partial charge in [-0.05, 0) is 48.9 Å². The van der Waals surface area contributed by atoms with Crippen molar-refractivity contribution in [3.8, 4) is 0 Å². The largest absolute Gasteiger partial charge is 0.325 e. The van der Waals surface area contributed by atoms with Crippen molar-refractivity contribution in [2.24, 2.45) is 0 Å². The Morgan fingerprint density at radius 1 is 1.00 bits per heavy atom. The van der Waals surface area contributed by atoms with E-state index in [2.05, 4.69) is 10.6 Å². The van der Waals surface area contributed by atoms with Gasteiger partial charge in [-0.2, -0.15) is 0 Å². The van der Waals surface area contributed by atoms with Gasteiger partial charge >= 0.3 is 0 Å². The van der Waals surface area contributed by atoms with Crippen LogP contribution in [0.2, 0.25) is 0 Å². The molecular formula is C23H20FN3O4S. The number of amides is 2. The minimum absolute atomic E-state index is 0.0560. The molecule has 1 atom stereocenters. The highest BCUT2D eigenvalue weighted by Crippen LogP contribution is 2.29. The number of benzene rings is 3. The van der Waals surface area contributed by atoms with E-state index in [-0.39, 0.29) is 17.2 Å². The van der Waals surface area contributed by atoms with Crippen molar-refractivity contribution in [3.63, 3.8) is 0 Å². The topological polar surface area (TPSA) is 101 Å². The smallest absolute Gasteiger partial charge is 0.269 e. The molecule has 2 N–H and O–H groups in total. The average Bonchev–Trinajstić information content (AvgIpc) is 2.78. The fourth-order valence-corrected chi connectivity index (χ4v) is 3.88. The first-order chi connectivity index (χ1) is 15.4. The van der Waals surface area contributed by atoms with Crippen molar-refractivity contribution in [2.75, 3.05) is 10.6 Å². The molecule has 0 fully saturated rings. The van der Waals surface area contributed by atoms with Gasteiger partial charge in [0.05, 0.1) is 15.7 Å². The second kappa shape index (κ2) is 10.5. The fourth-order valence-electron chi connectivity index (χ4n) is 2.87. The van der Waals surface area contributed by atoms with Crippen LogP contribution in [0.3, 0.4) is 0 Å². The van der Waals surface area contributed by atoms with Gasteiger partial charge in [0.15, 0.2) is 0 Å². The second-order valence-electron chi connectivity index (χ2n) is 6.77. The number of hydrogen-bond acceptors (Lipinski definition) is 5. The molecule has 0 saturated heterocycles. The Balaban J connectivity index is 1.66. The Bertz CT molecular complexity index is 1140. The first-order valence-corrected chi connectivity index (χ1v) is 10.6. The monoisotopic (exact) mass is 453 g/mol. The molecule has 0 aliphatic heterocycles. The summed E-state index contributed by atoms with van der Waals surface area (Å²) in [5.74, 6) is -1.41. The van der Waals surface area contributed by atoms with Gasteiger partial charge in [-0.25, -0.2) is 4.39 Å². The summed E-state index contributed by atoms with van der Waals surface area (Å²) in [6.07, 6.45) is 0.537. The van der Waals surface area contributed by atoms with Crippen LogP contribution in [0.5, 0.6) is 0 Å². The Morgan fingerprint density at radius 2 is 1.72 bits per heavy atom. The van der Waals surface area contributed by atoms with Gasteiger partial charge in [-0.15, -0.1) is 11.8 Å². The number of carbonyl (C=O) groups excluding carboxylic acids is 2. The summed E-state index contributed by atoms with van der Waals surface area (Å²) in [4.78, 5) is 36.0. The molecule has 9 heteroatoms. The molecule has 0 bridgehead atoms. The summed E-state index contributed by atoms with van der Waals surface area (Å²) in [6, 6.07) is 18.3. The lowest BCUT2D eigenvalue weighted by molar-refractivity contribution is -0.384. The van der Waals surface area contributed by atoms with Crippen molar-refractivity contribution < 1.29 is 18.9 Å². The van der Waals surface area contributed by atoms with Crippen molar-refractivity contribution in [2.45, 2.75) is 23.5 Å². The second-order valence-corrected chi connectivity index (χ2v) is 8.05. The Kier molecular flexibility index (Phi) is 7.56. The number of nitro groups is 1. The van der Waals surface area contributed by atoms with Gasteiger partial charge in [0.2, 0.25) is 5.91 Å². The van der Waals surface area contributed by atoms with Crippen LogP contribution in [0.1, 0.15) is 23.7 Å². The van der Waals surface area contributed by atoms with Gasteiger partial charge in [0, 0.05) is 28.4 Å². The lowest BCUT2D eigenvalue weighted by Crippen LogP contribution is -2.24. The molecule has 3 aromatic carbocycles. The highest BCUT2D eigenvalue weighted by atomic mass is 32.2. The quantitative estimate of drug-likeness (QED) is 0.267. The van der Waals surface area contributed by atoms with Gasteiger partial charge in [0.25, 0.3) is 11.6 Å². The molecule has 0 heterocycles. The molecule has 0 aliphatic rings. The van der Waals surface area contributed by atoms with Crippen LogP contribution in [0.25, 0.3) is 0 Å². The molecule has 3 aromatic rings. The Morgan fingerprint density at radius 3 is 2.38 bits per heavy atom. The number of non-ortho nitro benzene ring substituents is 1. The number of nitrogens with zero attached hydrogens (tertiary/aromatic N) is 1. The predicted molar refractivity (Wildman–Crippen MR) is 122 cm³/mol. The van der Waals surface area contributed by atoms with Crippen molar-refractivity contribution in [1.82, 2.24) is 0 Å². The normalized spacial score (nSPS) is 11.4. The predicted octanol–water partition coefficient (Wildman–Crippen LogP) is 5.50. The van der Waals surface area contributed by atoms with Crippen LogP contribution in [0, 0.1) is 15.9 Å². The maximum Gasteiger partial charge on any atom is 0.269 e. The molecule has 0 aliphatic carbocycles. The Labute approximate surface area is 188 Å². The molecule has 164 valence electrons. The van der Waals surface area contributed by atoms with E-state index in [1.165, 1.54) is 54.2 Å². The number of nitro benzene ring substituents is 1. The van der Waals surface area contributed by atoms with Crippen molar-refractivity contribution in [1.29, 1.82) is 0 Å². The number of rotatable bonds is 8. The number of halogens is 1. The summed E-state index contributed by atoms with van der Waals surface area (Å²) in [5, 5.41) is 15.8. The number of carbonyl (C=O) groups is 2. The molecule has 7 nitrogen and oxygen atoms in total. The zero-order valence-corrected chi connectivity index (χ0v) is 17.9. The molecule has 0 radical (unpaired) electrons. The lowest BCUT2D eigenvalue weighted by atomic mass is 10.2. The van der Waals surface area contributed by atoms with Crippen molar-refractivity contribution >= 4 is 40.6 Å². The number of thioether (sulfide) groups is 1. The maximum atomic E-state index is 13.8. The Hall–Kier alpha value is -3.72. The molecule has 1 unspecified atom stereocenters. The third-order valence-electron chi connectivity index (χ3n) is 4.50. The van der Waals surface area contributed by atoms with Crippen LogP contribution in [0.15, 0.2) is 77.7 Å². The molecule has 2 amide bonds. The number of anilines is 2. The number of nitrogens with one attached hydrogen (secondary N) is 2. The first kappa shape index (κ1) is 23.0. The van der Waals surface area contributed by atoms with Crippen LogP contribution >= 0.6 is 11.8 Å². The van der Waals surface area contributed by atoms with E-state index in [1.54, 1.807) is 24.3 Å². The fraction of sp³-hybridized carbons (Fsp3) is 0.130. The van der Waals surface area contributed by atoms with E-state index in [1.807, 2.05) is 13.0 Å². The minimum Gasteiger partial charge on any atom is -0.325 e. The molecule has 0 aromatic heterocycles. The third-order valence-corrected chi connectivity index (χ3v) is 5.86. The summed E-state index contributed by atoms with van der Waals surface area (Å²) < 4.78 is 13.8. The van der Waals surface area contributed by atoms with Crippen LogP contribution in [0.4, 0.5) is 21.5 Å². The van der Waals surface area contributed by atoms with E-state index in [0.717, 1.165) is 4.90 Å².